The molecule has 0 saturated carbocycles. The Hall–Kier alpha value is -3.10. The Morgan fingerprint density at radius 1 is 1.03 bits per heavy atom. The van der Waals surface area contributed by atoms with Crippen molar-refractivity contribution >= 4 is 42.4 Å². The van der Waals surface area contributed by atoms with Crippen molar-refractivity contribution in [3.8, 4) is 0 Å². The van der Waals surface area contributed by atoms with Gasteiger partial charge in [0.15, 0.2) is 15.0 Å². The van der Waals surface area contributed by atoms with Crippen LogP contribution in [-0.2, 0) is 26.9 Å². The molecule has 34 heavy (non-hydrogen) atoms. The molecule has 0 aliphatic heterocycles. The molecule has 0 fully saturated rings. The number of amides is 1. The predicted octanol–water partition coefficient (Wildman–Crippen LogP) is 5.24. The van der Waals surface area contributed by atoms with Crippen LogP contribution in [0.1, 0.15) is 35.2 Å². The lowest BCUT2D eigenvalue weighted by Gasteiger charge is -2.19. The number of carbonyl (C=O) groups is 1. The van der Waals surface area contributed by atoms with Gasteiger partial charge in [0.05, 0.1) is 34.0 Å². The molecule has 0 unspecified atom stereocenters. The minimum atomic E-state index is -3.31. The lowest BCUT2D eigenvalue weighted by molar-refractivity contribution is -0.118. The third-order valence-electron chi connectivity index (χ3n) is 5.47. The van der Waals surface area contributed by atoms with Crippen molar-refractivity contribution in [3.05, 3.63) is 89.2 Å². The highest BCUT2D eigenvalue weighted by atomic mass is 32.2. The molecule has 1 amide bonds. The molecule has 2 aromatic heterocycles. The lowest BCUT2D eigenvalue weighted by atomic mass is 10.1. The van der Waals surface area contributed by atoms with Crippen molar-refractivity contribution in [2.24, 2.45) is 0 Å². The number of thiazole rings is 1. The van der Waals surface area contributed by atoms with Crippen LogP contribution in [0.3, 0.4) is 0 Å². The molecule has 0 aliphatic carbocycles. The van der Waals surface area contributed by atoms with E-state index in [4.69, 9.17) is 4.98 Å². The number of nitrogens with zero attached hydrogens (tertiary/aromatic N) is 3. The molecule has 0 atom stereocenters. The number of aromatic nitrogens is 2. The standard InChI is InChI=1S/C26H27N3O3S2/c1-19-15-20(2)25-23(16-19)33-26(28-25)29(17-22-11-6-7-13-27-22)24(30)12-8-14-34(31,32)18-21-9-4-3-5-10-21/h3-7,9-11,13,15-16H,8,12,14,17-18H2,1-2H3. The van der Waals surface area contributed by atoms with Gasteiger partial charge in [0.25, 0.3) is 0 Å². The molecule has 4 rings (SSSR count). The van der Waals surface area contributed by atoms with Gasteiger partial charge in [0.1, 0.15) is 0 Å². The maximum absolute atomic E-state index is 13.3. The number of sulfone groups is 1. The van der Waals surface area contributed by atoms with E-state index in [1.54, 1.807) is 23.2 Å². The van der Waals surface area contributed by atoms with Gasteiger partial charge in [0, 0.05) is 12.6 Å². The Morgan fingerprint density at radius 2 is 1.79 bits per heavy atom. The van der Waals surface area contributed by atoms with Crippen LogP contribution in [0.5, 0.6) is 0 Å². The van der Waals surface area contributed by atoms with Gasteiger partial charge in [-0.25, -0.2) is 13.4 Å². The number of rotatable bonds is 9. The van der Waals surface area contributed by atoms with Gasteiger partial charge in [-0.3, -0.25) is 14.7 Å². The number of benzene rings is 2. The topological polar surface area (TPSA) is 80.2 Å². The molecule has 2 heterocycles. The van der Waals surface area contributed by atoms with E-state index in [1.807, 2.05) is 50.2 Å². The second kappa shape index (κ2) is 10.4. The zero-order valence-electron chi connectivity index (χ0n) is 19.3. The maximum Gasteiger partial charge on any atom is 0.229 e. The Balaban J connectivity index is 1.51. The first-order valence-corrected chi connectivity index (χ1v) is 13.8. The summed E-state index contributed by atoms with van der Waals surface area (Å²) < 4.78 is 26.1. The van der Waals surface area contributed by atoms with Gasteiger partial charge < -0.3 is 0 Å². The number of pyridine rings is 1. The average molecular weight is 494 g/mol. The van der Waals surface area contributed by atoms with Crippen LogP contribution in [0.2, 0.25) is 0 Å². The highest BCUT2D eigenvalue weighted by Gasteiger charge is 2.22. The van der Waals surface area contributed by atoms with Crippen LogP contribution in [0.4, 0.5) is 5.13 Å². The van der Waals surface area contributed by atoms with Crippen molar-refractivity contribution in [1.29, 1.82) is 0 Å². The zero-order chi connectivity index (χ0) is 24.1. The SMILES string of the molecule is Cc1cc(C)c2nc(N(Cc3ccccn3)C(=O)CCCS(=O)(=O)Cc3ccccc3)sc2c1. The van der Waals surface area contributed by atoms with Gasteiger partial charge in [-0.05, 0) is 55.2 Å². The quantitative estimate of drug-likeness (QED) is 0.319. The highest BCUT2D eigenvalue weighted by Crippen LogP contribution is 2.32. The van der Waals surface area contributed by atoms with Crippen LogP contribution in [0, 0.1) is 13.8 Å². The Morgan fingerprint density at radius 3 is 2.53 bits per heavy atom. The molecule has 176 valence electrons. The molecule has 4 aromatic rings. The summed E-state index contributed by atoms with van der Waals surface area (Å²) in [7, 11) is -3.31. The molecular weight excluding hydrogens is 466 g/mol. The van der Waals surface area contributed by atoms with Gasteiger partial charge in [-0.15, -0.1) is 0 Å². The fourth-order valence-corrected chi connectivity index (χ4v) is 6.46. The molecule has 6 nitrogen and oxygen atoms in total. The fraction of sp³-hybridized carbons (Fsp3) is 0.269. The summed E-state index contributed by atoms with van der Waals surface area (Å²) in [6, 6.07) is 18.8. The van der Waals surface area contributed by atoms with Gasteiger partial charge >= 0.3 is 0 Å². The van der Waals surface area contributed by atoms with E-state index in [-0.39, 0.29) is 36.8 Å². The minimum absolute atomic E-state index is 0.0177. The monoisotopic (exact) mass is 493 g/mol. The van der Waals surface area contributed by atoms with Crippen LogP contribution in [0.25, 0.3) is 10.2 Å². The zero-order valence-corrected chi connectivity index (χ0v) is 20.9. The first-order chi connectivity index (χ1) is 16.3. The summed E-state index contributed by atoms with van der Waals surface area (Å²) in [6.45, 7) is 4.34. The van der Waals surface area contributed by atoms with Crippen molar-refractivity contribution < 1.29 is 13.2 Å². The van der Waals surface area contributed by atoms with Crippen LogP contribution < -0.4 is 4.90 Å². The number of anilines is 1. The molecule has 0 spiro atoms. The summed E-state index contributed by atoms with van der Waals surface area (Å²) in [5, 5.41) is 0.603. The first-order valence-electron chi connectivity index (χ1n) is 11.1. The fourth-order valence-electron chi connectivity index (χ4n) is 3.87. The minimum Gasteiger partial charge on any atom is -0.282 e. The molecule has 0 bridgehead atoms. The largest absolute Gasteiger partial charge is 0.282 e. The number of hydrogen-bond acceptors (Lipinski definition) is 6. The lowest BCUT2D eigenvalue weighted by Crippen LogP contribution is -2.31. The number of carbonyl (C=O) groups excluding carboxylic acids is 1. The van der Waals surface area contributed by atoms with E-state index in [2.05, 4.69) is 17.1 Å². The van der Waals surface area contributed by atoms with Gasteiger partial charge in [-0.2, -0.15) is 0 Å². The second-order valence-electron chi connectivity index (χ2n) is 8.41. The highest BCUT2D eigenvalue weighted by molar-refractivity contribution is 7.90. The van der Waals surface area contributed by atoms with E-state index in [1.165, 1.54) is 11.3 Å². The molecular formula is C26H27N3O3S2. The molecule has 0 saturated heterocycles. The summed E-state index contributed by atoms with van der Waals surface area (Å²) in [5.74, 6) is -0.215. The van der Waals surface area contributed by atoms with Gasteiger partial charge in [0.2, 0.25) is 5.91 Å². The van der Waals surface area contributed by atoms with Crippen LogP contribution in [-0.4, -0.2) is 30.0 Å². The van der Waals surface area contributed by atoms with Crippen molar-refractivity contribution in [2.75, 3.05) is 10.7 Å². The van der Waals surface area contributed by atoms with Crippen molar-refractivity contribution in [3.63, 3.8) is 0 Å². The van der Waals surface area contributed by atoms with E-state index in [9.17, 15) is 13.2 Å². The number of hydrogen-bond donors (Lipinski definition) is 0. The molecule has 0 aliphatic rings. The van der Waals surface area contributed by atoms with Crippen molar-refractivity contribution in [2.45, 2.75) is 39.0 Å². The van der Waals surface area contributed by atoms with E-state index in [0.29, 0.717) is 5.13 Å². The van der Waals surface area contributed by atoms with Gasteiger partial charge in [-0.1, -0.05) is 53.8 Å². The third-order valence-corrected chi connectivity index (χ3v) is 8.18. The van der Waals surface area contributed by atoms with E-state index in [0.717, 1.165) is 32.6 Å². The number of aryl methyl sites for hydroxylation is 2. The Labute approximate surface area is 204 Å². The van der Waals surface area contributed by atoms with Crippen LogP contribution >= 0.6 is 11.3 Å². The third kappa shape index (κ3) is 6.07. The molecule has 8 heteroatoms. The molecule has 0 N–H and O–H groups in total. The van der Waals surface area contributed by atoms with Crippen LogP contribution in [0.15, 0.2) is 66.9 Å². The Kier molecular flexibility index (Phi) is 7.38. The molecule has 0 radical (unpaired) electrons. The second-order valence-corrected chi connectivity index (χ2v) is 11.6. The average Bonchev–Trinajstić information content (AvgIpc) is 3.22. The smallest absolute Gasteiger partial charge is 0.229 e. The summed E-state index contributed by atoms with van der Waals surface area (Å²) in [5.41, 5.74) is 4.60. The van der Waals surface area contributed by atoms with E-state index < -0.39 is 9.84 Å². The predicted molar refractivity (Wildman–Crippen MR) is 138 cm³/mol. The summed E-state index contributed by atoms with van der Waals surface area (Å²) in [4.78, 5) is 24.0. The maximum atomic E-state index is 13.3. The first kappa shape index (κ1) is 24.0. The Bertz CT molecular complexity index is 1390. The summed E-state index contributed by atoms with van der Waals surface area (Å²) >= 11 is 1.47. The van der Waals surface area contributed by atoms with E-state index >= 15 is 0 Å². The summed E-state index contributed by atoms with van der Waals surface area (Å²) in [6.07, 6.45) is 2.07. The number of fused-ring (bicyclic) bond motifs is 1. The normalized spacial score (nSPS) is 11.6. The molecule has 2 aromatic carbocycles. The van der Waals surface area contributed by atoms with Crippen molar-refractivity contribution in [1.82, 2.24) is 9.97 Å².